The van der Waals surface area contributed by atoms with E-state index in [1.54, 1.807) is 36.4 Å². The quantitative estimate of drug-likeness (QED) is 0.214. The summed E-state index contributed by atoms with van der Waals surface area (Å²) in [6.45, 7) is 0.348. The summed E-state index contributed by atoms with van der Waals surface area (Å²) in [4.78, 5) is 12.7. The molecule has 0 aromatic heterocycles. The number of para-hydroxylation sites is 1. The van der Waals surface area contributed by atoms with Gasteiger partial charge in [0.25, 0.3) is 5.91 Å². The summed E-state index contributed by atoms with van der Waals surface area (Å²) < 4.78 is 6.86. The number of hydrogen-bond donors (Lipinski definition) is 1. The molecule has 0 heterocycles. The summed E-state index contributed by atoms with van der Waals surface area (Å²) in [7, 11) is 0. The minimum atomic E-state index is -0.550. The normalized spacial score (nSPS) is 11.1. The van der Waals surface area contributed by atoms with Crippen LogP contribution in [0, 0.1) is 11.3 Å². The molecule has 4 aromatic rings. The highest BCUT2D eigenvalue weighted by molar-refractivity contribution is 9.10. The molecule has 1 amide bonds. The molecule has 0 fully saturated rings. The number of amides is 1. The lowest BCUT2D eigenvalue weighted by atomic mass is 10.1. The van der Waals surface area contributed by atoms with Gasteiger partial charge in [0.2, 0.25) is 0 Å². The van der Waals surface area contributed by atoms with Gasteiger partial charge in [-0.3, -0.25) is 4.79 Å². The second kappa shape index (κ2) is 10.4. The number of ether oxygens (including phenoxy) is 1. The molecule has 0 spiro atoms. The maximum atomic E-state index is 12.7. The highest BCUT2D eigenvalue weighted by Crippen LogP contribution is 2.28. The number of halogens is 2. The zero-order chi connectivity index (χ0) is 23.2. The largest absolute Gasteiger partial charge is 0.488 e. The molecular formula is C27H18BrClN2O2. The van der Waals surface area contributed by atoms with E-state index in [0.717, 1.165) is 20.8 Å². The van der Waals surface area contributed by atoms with Crippen LogP contribution < -0.4 is 10.1 Å². The third-order valence-electron chi connectivity index (χ3n) is 4.97. The maximum absolute atomic E-state index is 12.7. The van der Waals surface area contributed by atoms with E-state index in [1.165, 1.54) is 6.08 Å². The average Bonchev–Trinajstić information content (AvgIpc) is 2.83. The highest BCUT2D eigenvalue weighted by Gasteiger charge is 2.13. The minimum Gasteiger partial charge on any atom is -0.488 e. The third kappa shape index (κ3) is 5.61. The molecule has 0 saturated carbocycles. The van der Waals surface area contributed by atoms with Crippen LogP contribution in [0.25, 0.3) is 16.8 Å². The monoisotopic (exact) mass is 516 g/mol. The van der Waals surface area contributed by atoms with E-state index in [-0.39, 0.29) is 5.57 Å². The topological polar surface area (TPSA) is 62.1 Å². The van der Waals surface area contributed by atoms with Crippen molar-refractivity contribution in [1.82, 2.24) is 0 Å². The molecule has 4 aromatic carbocycles. The second-order valence-corrected chi connectivity index (χ2v) is 8.58. The lowest BCUT2D eigenvalue weighted by Crippen LogP contribution is -2.13. The predicted molar refractivity (Wildman–Crippen MR) is 136 cm³/mol. The first kappa shape index (κ1) is 22.6. The molecule has 1 N–H and O–H groups in total. The van der Waals surface area contributed by atoms with Crippen molar-refractivity contribution < 1.29 is 9.53 Å². The number of nitrogens with one attached hydrogen (secondary N) is 1. The standard InChI is InChI=1S/C27H18BrClN2O2/c28-23-11-12-26(33-17-18-9-10-19-5-1-2-6-20(19)13-18)21(15-23)14-22(16-30)27(32)31-25-8-4-3-7-24(25)29/h1-15H,17H2,(H,31,32)/b22-14+. The highest BCUT2D eigenvalue weighted by atomic mass is 79.9. The fourth-order valence-electron chi connectivity index (χ4n) is 3.31. The van der Waals surface area contributed by atoms with Crippen molar-refractivity contribution in [2.24, 2.45) is 0 Å². The van der Waals surface area contributed by atoms with Crippen LogP contribution >= 0.6 is 27.5 Å². The molecule has 4 nitrogen and oxygen atoms in total. The van der Waals surface area contributed by atoms with E-state index in [1.807, 2.05) is 30.3 Å². The molecule has 0 aliphatic heterocycles. The number of carbonyl (C=O) groups is 1. The molecule has 0 radical (unpaired) electrons. The molecule has 0 aliphatic rings. The summed E-state index contributed by atoms with van der Waals surface area (Å²) >= 11 is 9.56. The molecule has 4 rings (SSSR count). The van der Waals surface area contributed by atoms with E-state index >= 15 is 0 Å². The van der Waals surface area contributed by atoms with E-state index in [4.69, 9.17) is 16.3 Å². The van der Waals surface area contributed by atoms with Gasteiger partial charge in [0.05, 0.1) is 10.7 Å². The van der Waals surface area contributed by atoms with Gasteiger partial charge in [-0.25, -0.2) is 0 Å². The number of rotatable bonds is 6. The van der Waals surface area contributed by atoms with E-state index in [2.05, 4.69) is 45.5 Å². The van der Waals surface area contributed by atoms with Crippen molar-refractivity contribution in [1.29, 1.82) is 5.26 Å². The van der Waals surface area contributed by atoms with Crippen LogP contribution in [0.5, 0.6) is 5.75 Å². The lowest BCUT2D eigenvalue weighted by molar-refractivity contribution is -0.112. The van der Waals surface area contributed by atoms with Crippen LogP contribution in [0.15, 0.2) is 95.0 Å². The molecule has 6 heteroatoms. The van der Waals surface area contributed by atoms with Gasteiger partial charge in [-0.15, -0.1) is 0 Å². The fraction of sp³-hybridized carbons (Fsp3) is 0.0370. The van der Waals surface area contributed by atoms with Crippen LogP contribution in [0.2, 0.25) is 5.02 Å². The Balaban J connectivity index is 1.57. The zero-order valence-electron chi connectivity index (χ0n) is 17.4. The van der Waals surface area contributed by atoms with Crippen LogP contribution in [-0.4, -0.2) is 5.91 Å². The molecule has 0 aliphatic carbocycles. The lowest BCUT2D eigenvalue weighted by Gasteiger charge is -2.11. The molecule has 162 valence electrons. The number of nitrogens with zero attached hydrogens (tertiary/aromatic N) is 1. The zero-order valence-corrected chi connectivity index (χ0v) is 19.7. The van der Waals surface area contributed by atoms with Gasteiger partial charge >= 0.3 is 0 Å². The Hall–Kier alpha value is -3.59. The summed E-state index contributed by atoms with van der Waals surface area (Å²) in [5, 5.41) is 15.0. The first-order valence-corrected chi connectivity index (χ1v) is 11.3. The molecule has 0 atom stereocenters. The summed E-state index contributed by atoms with van der Waals surface area (Å²) in [6.07, 6.45) is 1.51. The Morgan fingerprint density at radius 2 is 1.76 bits per heavy atom. The van der Waals surface area contributed by atoms with Crippen molar-refractivity contribution in [2.45, 2.75) is 6.61 Å². The van der Waals surface area contributed by atoms with Gasteiger partial charge < -0.3 is 10.1 Å². The fourth-order valence-corrected chi connectivity index (χ4v) is 3.87. The number of hydrogen-bond acceptors (Lipinski definition) is 3. The smallest absolute Gasteiger partial charge is 0.266 e. The van der Waals surface area contributed by atoms with Crippen molar-refractivity contribution in [3.63, 3.8) is 0 Å². The minimum absolute atomic E-state index is 0.0661. The van der Waals surface area contributed by atoms with Crippen molar-refractivity contribution in [2.75, 3.05) is 5.32 Å². The van der Waals surface area contributed by atoms with Gasteiger partial charge in [-0.2, -0.15) is 5.26 Å². The maximum Gasteiger partial charge on any atom is 0.266 e. The molecule has 0 bridgehead atoms. The second-order valence-electron chi connectivity index (χ2n) is 7.26. The Kier molecular flexibility index (Phi) is 7.09. The molecular weight excluding hydrogens is 500 g/mol. The van der Waals surface area contributed by atoms with Gasteiger partial charge in [-0.05, 0) is 58.8 Å². The summed E-state index contributed by atoms with van der Waals surface area (Å²) in [5.74, 6) is 0.00991. The Morgan fingerprint density at radius 1 is 1.00 bits per heavy atom. The number of benzene rings is 4. The van der Waals surface area contributed by atoms with Crippen molar-refractivity contribution >= 4 is 56.0 Å². The summed E-state index contributed by atoms with van der Waals surface area (Å²) in [6, 6.07) is 28.6. The van der Waals surface area contributed by atoms with Crippen LogP contribution in [-0.2, 0) is 11.4 Å². The van der Waals surface area contributed by atoms with Gasteiger partial charge in [0.15, 0.2) is 0 Å². The van der Waals surface area contributed by atoms with Crippen LogP contribution in [0.3, 0.4) is 0 Å². The predicted octanol–water partition coefficient (Wildman–Crippen LogP) is 7.38. The molecule has 33 heavy (non-hydrogen) atoms. The SMILES string of the molecule is N#C/C(=C\c1cc(Br)ccc1OCc1ccc2ccccc2c1)C(=O)Nc1ccccc1Cl. The van der Waals surface area contributed by atoms with Crippen molar-refractivity contribution in [3.05, 3.63) is 111 Å². The van der Waals surface area contributed by atoms with Crippen molar-refractivity contribution in [3.8, 4) is 11.8 Å². The Bertz CT molecular complexity index is 1410. The first-order chi connectivity index (χ1) is 16.0. The molecule has 0 saturated heterocycles. The van der Waals surface area contributed by atoms with E-state index in [9.17, 15) is 10.1 Å². The number of nitriles is 1. The first-order valence-electron chi connectivity index (χ1n) is 10.1. The Labute approximate surface area is 205 Å². The number of carbonyl (C=O) groups excluding carboxylic acids is 1. The Morgan fingerprint density at radius 3 is 2.55 bits per heavy atom. The average molecular weight is 518 g/mol. The van der Waals surface area contributed by atoms with Gasteiger partial charge in [-0.1, -0.05) is 76.1 Å². The molecule has 0 unspecified atom stereocenters. The van der Waals surface area contributed by atoms with Gasteiger partial charge in [0.1, 0.15) is 24.0 Å². The van der Waals surface area contributed by atoms with Crippen LogP contribution in [0.4, 0.5) is 5.69 Å². The van der Waals surface area contributed by atoms with E-state index in [0.29, 0.717) is 28.6 Å². The number of anilines is 1. The van der Waals surface area contributed by atoms with E-state index < -0.39 is 5.91 Å². The van der Waals surface area contributed by atoms with Gasteiger partial charge in [0, 0.05) is 10.0 Å². The summed E-state index contributed by atoms with van der Waals surface area (Å²) in [5.41, 5.74) is 2.00. The number of fused-ring (bicyclic) bond motifs is 1. The van der Waals surface area contributed by atoms with Crippen LogP contribution in [0.1, 0.15) is 11.1 Å². The third-order valence-corrected chi connectivity index (χ3v) is 5.79.